The number of benzene rings is 1. The molecule has 1 aromatic carbocycles. The largest absolute Gasteiger partial charge is 0.314 e. The molecule has 0 aliphatic carbocycles. The standard InChI is InChI=1S/C18H26N6/c1-15-10-16(2-3-18(15)24-14-20-13-21-24)11-22-7-4-17(12-22)23-8-5-19-6-9-23/h2-3,10,13-14,17,19H,4-9,11-12H2,1H3. The van der Waals surface area contributed by atoms with Gasteiger partial charge in [-0.1, -0.05) is 12.1 Å². The van der Waals surface area contributed by atoms with Crippen molar-refractivity contribution in [3.8, 4) is 5.69 Å². The van der Waals surface area contributed by atoms with Crippen LogP contribution in [0, 0.1) is 6.92 Å². The van der Waals surface area contributed by atoms with Crippen molar-refractivity contribution >= 4 is 0 Å². The second-order valence-electron chi connectivity index (χ2n) is 6.92. The quantitative estimate of drug-likeness (QED) is 0.910. The number of nitrogens with zero attached hydrogens (tertiary/aromatic N) is 5. The van der Waals surface area contributed by atoms with Gasteiger partial charge in [0.25, 0.3) is 0 Å². The Kier molecular flexibility index (Phi) is 4.60. The van der Waals surface area contributed by atoms with Crippen molar-refractivity contribution in [2.24, 2.45) is 0 Å². The van der Waals surface area contributed by atoms with Crippen LogP contribution in [0.5, 0.6) is 0 Å². The van der Waals surface area contributed by atoms with Crippen LogP contribution < -0.4 is 5.32 Å². The molecule has 4 rings (SSSR count). The lowest BCUT2D eigenvalue weighted by molar-refractivity contribution is 0.170. The van der Waals surface area contributed by atoms with E-state index < -0.39 is 0 Å². The Bertz CT molecular complexity index is 662. The lowest BCUT2D eigenvalue weighted by Gasteiger charge is -2.32. The van der Waals surface area contributed by atoms with Gasteiger partial charge in [0.05, 0.1) is 5.69 Å². The predicted molar refractivity (Wildman–Crippen MR) is 94.2 cm³/mol. The van der Waals surface area contributed by atoms with E-state index in [0.717, 1.165) is 31.4 Å². The maximum atomic E-state index is 4.23. The summed E-state index contributed by atoms with van der Waals surface area (Å²) in [6.45, 7) is 10.3. The molecule has 1 N–H and O–H groups in total. The van der Waals surface area contributed by atoms with Crippen molar-refractivity contribution in [1.29, 1.82) is 0 Å². The summed E-state index contributed by atoms with van der Waals surface area (Å²) in [5.74, 6) is 0. The van der Waals surface area contributed by atoms with Crippen molar-refractivity contribution in [2.45, 2.75) is 25.9 Å². The van der Waals surface area contributed by atoms with Gasteiger partial charge >= 0.3 is 0 Å². The molecule has 128 valence electrons. The first-order valence-electron chi connectivity index (χ1n) is 8.91. The van der Waals surface area contributed by atoms with Crippen LogP contribution in [0.3, 0.4) is 0 Å². The minimum atomic E-state index is 0.739. The SMILES string of the molecule is Cc1cc(CN2CCC(N3CCNCC3)C2)ccc1-n1cncn1. The van der Waals surface area contributed by atoms with Gasteiger partial charge in [0.15, 0.2) is 0 Å². The van der Waals surface area contributed by atoms with E-state index >= 15 is 0 Å². The number of nitrogens with one attached hydrogen (secondary N) is 1. The zero-order valence-electron chi connectivity index (χ0n) is 14.4. The molecule has 1 aromatic heterocycles. The highest BCUT2D eigenvalue weighted by atomic mass is 15.3. The summed E-state index contributed by atoms with van der Waals surface area (Å²) in [5, 5.41) is 7.67. The molecule has 2 aromatic rings. The van der Waals surface area contributed by atoms with Crippen molar-refractivity contribution in [3.05, 3.63) is 42.0 Å². The van der Waals surface area contributed by atoms with Crippen LogP contribution >= 0.6 is 0 Å². The highest BCUT2D eigenvalue weighted by molar-refractivity contribution is 5.41. The van der Waals surface area contributed by atoms with Gasteiger partial charge in [0.2, 0.25) is 0 Å². The first-order chi connectivity index (χ1) is 11.8. The van der Waals surface area contributed by atoms with Gasteiger partial charge in [-0.2, -0.15) is 5.10 Å². The van der Waals surface area contributed by atoms with Crippen LogP contribution in [0.25, 0.3) is 5.69 Å². The second kappa shape index (κ2) is 7.01. The third-order valence-corrected chi connectivity index (χ3v) is 5.25. The number of hydrogen-bond donors (Lipinski definition) is 1. The zero-order chi connectivity index (χ0) is 16.4. The smallest absolute Gasteiger partial charge is 0.138 e. The first kappa shape index (κ1) is 15.7. The van der Waals surface area contributed by atoms with Crippen LogP contribution in [-0.4, -0.2) is 69.9 Å². The number of rotatable bonds is 4. The monoisotopic (exact) mass is 326 g/mol. The molecule has 6 heteroatoms. The van der Waals surface area contributed by atoms with Crippen LogP contribution in [0.4, 0.5) is 0 Å². The molecule has 0 bridgehead atoms. The van der Waals surface area contributed by atoms with Gasteiger partial charge < -0.3 is 5.32 Å². The number of aryl methyl sites for hydroxylation is 1. The zero-order valence-corrected chi connectivity index (χ0v) is 14.4. The Balaban J connectivity index is 1.38. The molecule has 24 heavy (non-hydrogen) atoms. The summed E-state index contributed by atoms with van der Waals surface area (Å²) >= 11 is 0. The van der Waals surface area contributed by atoms with Crippen molar-refractivity contribution in [2.75, 3.05) is 39.3 Å². The van der Waals surface area contributed by atoms with E-state index in [0.29, 0.717) is 0 Å². The summed E-state index contributed by atoms with van der Waals surface area (Å²) in [6.07, 6.45) is 4.63. The molecule has 2 aliphatic rings. The molecular weight excluding hydrogens is 300 g/mol. The van der Waals surface area contributed by atoms with E-state index in [1.165, 1.54) is 43.7 Å². The maximum absolute atomic E-state index is 4.23. The Morgan fingerprint density at radius 2 is 2.08 bits per heavy atom. The fourth-order valence-electron chi connectivity index (χ4n) is 3.96. The van der Waals surface area contributed by atoms with Crippen LogP contribution in [0.15, 0.2) is 30.9 Å². The van der Waals surface area contributed by atoms with Crippen LogP contribution in [0.2, 0.25) is 0 Å². The molecule has 0 radical (unpaired) electrons. The third-order valence-electron chi connectivity index (χ3n) is 5.25. The van der Waals surface area contributed by atoms with Crippen molar-refractivity contribution < 1.29 is 0 Å². The van der Waals surface area contributed by atoms with Gasteiger partial charge in [0.1, 0.15) is 12.7 Å². The predicted octanol–water partition coefficient (Wildman–Crippen LogP) is 1.06. The lowest BCUT2D eigenvalue weighted by atomic mass is 10.1. The summed E-state index contributed by atoms with van der Waals surface area (Å²) in [4.78, 5) is 9.29. The topological polar surface area (TPSA) is 49.2 Å². The molecular formula is C18H26N6. The minimum Gasteiger partial charge on any atom is -0.314 e. The molecule has 0 amide bonds. The fraction of sp³-hybridized carbons (Fsp3) is 0.556. The summed E-state index contributed by atoms with van der Waals surface area (Å²) in [5.41, 5.74) is 3.74. The van der Waals surface area contributed by atoms with Gasteiger partial charge in [-0.05, 0) is 30.5 Å². The molecule has 1 atom stereocenters. The fourth-order valence-corrected chi connectivity index (χ4v) is 3.96. The van der Waals surface area contributed by atoms with E-state index in [1.807, 2.05) is 4.68 Å². The molecule has 3 heterocycles. The molecule has 2 saturated heterocycles. The Labute approximate surface area is 143 Å². The summed E-state index contributed by atoms with van der Waals surface area (Å²) < 4.78 is 1.83. The molecule has 2 fully saturated rings. The average molecular weight is 326 g/mol. The van der Waals surface area contributed by atoms with Crippen LogP contribution in [-0.2, 0) is 6.54 Å². The van der Waals surface area contributed by atoms with Gasteiger partial charge in [0, 0.05) is 51.9 Å². The average Bonchev–Trinajstić information content (AvgIpc) is 3.28. The van der Waals surface area contributed by atoms with E-state index in [9.17, 15) is 0 Å². The number of likely N-dealkylation sites (tertiary alicyclic amines) is 1. The highest BCUT2D eigenvalue weighted by Gasteiger charge is 2.28. The van der Waals surface area contributed by atoms with Crippen molar-refractivity contribution in [1.82, 2.24) is 29.9 Å². The summed E-state index contributed by atoms with van der Waals surface area (Å²) in [7, 11) is 0. The van der Waals surface area contributed by atoms with E-state index in [2.05, 4.69) is 50.3 Å². The molecule has 0 spiro atoms. The van der Waals surface area contributed by atoms with E-state index in [-0.39, 0.29) is 0 Å². The first-order valence-corrected chi connectivity index (χ1v) is 8.91. The highest BCUT2D eigenvalue weighted by Crippen LogP contribution is 2.20. The number of piperazine rings is 1. The Morgan fingerprint density at radius 1 is 1.21 bits per heavy atom. The maximum Gasteiger partial charge on any atom is 0.138 e. The van der Waals surface area contributed by atoms with E-state index in [1.54, 1.807) is 12.7 Å². The summed E-state index contributed by atoms with van der Waals surface area (Å²) in [6, 6.07) is 7.41. The molecule has 6 nitrogen and oxygen atoms in total. The second-order valence-corrected chi connectivity index (χ2v) is 6.92. The van der Waals surface area contributed by atoms with Gasteiger partial charge in [-0.3, -0.25) is 9.80 Å². The van der Waals surface area contributed by atoms with Crippen molar-refractivity contribution in [3.63, 3.8) is 0 Å². The van der Waals surface area contributed by atoms with Gasteiger partial charge in [-0.15, -0.1) is 0 Å². The minimum absolute atomic E-state index is 0.739. The number of hydrogen-bond acceptors (Lipinski definition) is 5. The third kappa shape index (κ3) is 3.36. The lowest BCUT2D eigenvalue weighted by Crippen LogP contribution is -2.49. The number of aromatic nitrogens is 3. The van der Waals surface area contributed by atoms with Gasteiger partial charge in [-0.25, -0.2) is 9.67 Å². The molecule has 0 saturated carbocycles. The molecule has 2 aliphatic heterocycles. The normalized spacial score (nSPS) is 23.0. The Hall–Kier alpha value is -1.76. The van der Waals surface area contributed by atoms with Crippen LogP contribution in [0.1, 0.15) is 17.5 Å². The Morgan fingerprint density at radius 3 is 2.83 bits per heavy atom. The molecule has 1 unspecified atom stereocenters. The van der Waals surface area contributed by atoms with E-state index in [4.69, 9.17) is 0 Å².